The summed E-state index contributed by atoms with van der Waals surface area (Å²) in [6.07, 6.45) is 23.0. The van der Waals surface area contributed by atoms with Crippen LogP contribution in [0.25, 0.3) is 11.4 Å². The minimum Gasteiger partial charge on any atom is -0.236 e. The molecule has 1 aromatic carbocycles. The first-order chi connectivity index (χ1) is 15.2. The third-order valence-corrected chi connectivity index (χ3v) is 7.33. The zero-order valence-corrected chi connectivity index (χ0v) is 20.3. The van der Waals surface area contributed by atoms with E-state index in [-0.39, 0.29) is 0 Å². The predicted octanol–water partition coefficient (Wildman–Crippen LogP) is 8.50. The lowest BCUT2D eigenvalue weighted by Gasteiger charge is -2.28. The molecule has 0 N–H and O–H groups in total. The number of aryl methyl sites for hydroxylation is 3. The van der Waals surface area contributed by atoms with Gasteiger partial charge in [0, 0.05) is 18.0 Å². The molecule has 1 fully saturated rings. The van der Waals surface area contributed by atoms with Gasteiger partial charge in [-0.1, -0.05) is 96.3 Å². The van der Waals surface area contributed by atoms with Gasteiger partial charge in [0.1, 0.15) is 0 Å². The minimum atomic E-state index is 0.869. The molecule has 0 spiro atoms. The lowest BCUT2D eigenvalue weighted by molar-refractivity contribution is 0.249. The Bertz CT molecular complexity index is 757. The SMILES string of the molecule is CCCCCc1ccc(-c2ncc(CC[C@H]3CC[C@H](CCCCC)CC3)cn2)c(C)c1. The van der Waals surface area contributed by atoms with Crippen LogP contribution in [0.5, 0.6) is 0 Å². The topological polar surface area (TPSA) is 25.8 Å². The van der Waals surface area contributed by atoms with Crippen molar-refractivity contribution in [3.63, 3.8) is 0 Å². The van der Waals surface area contributed by atoms with Crippen LogP contribution in [0, 0.1) is 18.8 Å². The van der Waals surface area contributed by atoms with Crippen LogP contribution >= 0.6 is 0 Å². The Hall–Kier alpha value is -1.70. The van der Waals surface area contributed by atoms with E-state index in [0.717, 1.165) is 24.1 Å². The summed E-state index contributed by atoms with van der Waals surface area (Å²) in [4.78, 5) is 9.44. The van der Waals surface area contributed by atoms with Crippen LogP contribution in [0.1, 0.15) is 108 Å². The molecule has 0 aliphatic heterocycles. The van der Waals surface area contributed by atoms with Crippen molar-refractivity contribution in [3.05, 3.63) is 47.3 Å². The van der Waals surface area contributed by atoms with Gasteiger partial charge in [0.2, 0.25) is 0 Å². The highest BCUT2D eigenvalue weighted by atomic mass is 14.9. The van der Waals surface area contributed by atoms with E-state index in [9.17, 15) is 0 Å². The van der Waals surface area contributed by atoms with Crippen LogP contribution in [-0.2, 0) is 12.8 Å². The quantitative estimate of drug-likeness (QED) is 0.322. The number of hydrogen-bond donors (Lipinski definition) is 0. The molecule has 2 aromatic rings. The molecule has 2 heteroatoms. The van der Waals surface area contributed by atoms with Crippen LogP contribution < -0.4 is 0 Å². The molecule has 1 saturated carbocycles. The number of hydrogen-bond acceptors (Lipinski definition) is 2. The molecule has 2 nitrogen and oxygen atoms in total. The van der Waals surface area contributed by atoms with E-state index in [4.69, 9.17) is 9.97 Å². The summed E-state index contributed by atoms with van der Waals surface area (Å²) in [5.74, 6) is 2.78. The minimum absolute atomic E-state index is 0.869. The number of unbranched alkanes of at least 4 members (excludes halogenated alkanes) is 4. The summed E-state index contributed by atoms with van der Waals surface area (Å²) in [6.45, 7) is 6.75. The van der Waals surface area contributed by atoms with Crippen molar-refractivity contribution >= 4 is 0 Å². The maximum absolute atomic E-state index is 4.72. The van der Waals surface area contributed by atoms with Crippen molar-refractivity contribution in [2.45, 2.75) is 111 Å². The molecule has 0 saturated heterocycles. The first kappa shape index (κ1) is 24.0. The van der Waals surface area contributed by atoms with Gasteiger partial charge in [0.25, 0.3) is 0 Å². The Morgan fingerprint density at radius 2 is 1.39 bits per heavy atom. The predicted molar refractivity (Wildman–Crippen MR) is 133 cm³/mol. The van der Waals surface area contributed by atoms with E-state index >= 15 is 0 Å². The highest BCUT2D eigenvalue weighted by Gasteiger charge is 2.20. The van der Waals surface area contributed by atoms with E-state index in [0.29, 0.717) is 0 Å². The average Bonchev–Trinajstić information content (AvgIpc) is 2.79. The largest absolute Gasteiger partial charge is 0.236 e. The van der Waals surface area contributed by atoms with Crippen LogP contribution in [-0.4, -0.2) is 9.97 Å². The molecular weight excluding hydrogens is 376 g/mol. The molecule has 0 unspecified atom stereocenters. The van der Waals surface area contributed by atoms with Crippen LogP contribution in [0.3, 0.4) is 0 Å². The second kappa shape index (κ2) is 13.0. The van der Waals surface area contributed by atoms with Crippen LogP contribution in [0.15, 0.2) is 30.6 Å². The van der Waals surface area contributed by atoms with Crippen molar-refractivity contribution in [2.75, 3.05) is 0 Å². The number of rotatable bonds is 12. The Kier molecular flexibility index (Phi) is 10.0. The van der Waals surface area contributed by atoms with Gasteiger partial charge in [-0.3, -0.25) is 0 Å². The lowest BCUT2D eigenvalue weighted by atomic mass is 9.78. The molecule has 1 aliphatic carbocycles. The number of nitrogens with zero attached hydrogens (tertiary/aromatic N) is 2. The zero-order chi connectivity index (χ0) is 21.9. The molecule has 1 heterocycles. The Morgan fingerprint density at radius 3 is 2.03 bits per heavy atom. The average molecular weight is 421 g/mol. The van der Waals surface area contributed by atoms with E-state index in [1.807, 2.05) is 0 Å². The Labute approximate surface area is 191 Å². The summed E-state index contributed by atoms with van der Waals surface area (Å²) in [5.41, 5.74) is 5.19. The van der Waals surface area contributed by atoms with Gasteiger partial charge < -0.3 is 0 Å². The van der Waals surface area contributed by atoms with Gasteiger partial charge >= 0.3 is 0 Å². The summed E-state index contributed by atoms with van der Waals surface area (Å²) in [6, 6.07) is 6.79. The Morgan fingerprint density at radius 1 is 0.742 bits per heavy atom. The summed E-state index contributed by atoms with van der Waals surface area (Å²) in [5, 5.41) is 0. The Balaban J connectivity index is 1.45. The molecule has 170 valence electrons. The van der Waals surface area contributed by atoms with Gasteiger partial charge in [0.05, 0.1) is 0 Å². The molecule has 0 amide bonds. The van der Waals surface area contributed by atoms with Gasteiger partial charge in [0.15, 0.2) is 5.82 Å². The van der Waals surface area contributed by atoms with Gasteiger partial charge in [-0.05, 0) is 61.1 Å². The molecule has 3 rings (SSSR count). The summed E-state index contributed by atoms with van der Waals surface area (Å²) in [7, 11) is 0. The van der Waals surface area contributed by atoms with E-state index < -0.39 is 0 Å². The van der Waals surface area contributed by atoms with Crippen molar-refractivity contribution in [2.24, 2.45) is 11.8 Å². The first-order valence-electron chi connectivity index (χ1n) is 13.1. The van der Waals surface area contributed by atoms with Crippen molar-refractivity contribution < 1.29 is 0 Å². The molecule has 1 aromatic heterocycles. The van der Waals surface area contributed by atoms with Crippen molar-refractivity contribution in [3.8, 4) is 11.4 Å². The van der Waals surface area contributed by atoms with Gasteiger partial charge in [-0.15, -0.1) is 0 Å². The third-order valence-electron chi connectivity index (χ3n) is 7.33. The fourth-order valence-corrected chi connectivity index (χ4v) is 5.20. The van der Waals surface area contributed by atoms with Crippen LogP contribution in [0.2, 0.25) is 0 Å². The second-order valence-electron chi connectivity index (χ2n) is 9.94. The molecule has 1 aliphatic rings. The monoisotopic (exact) mass is 420 g/mol. The van der Waals surface area contributed by atoms with Crippen molar-refractivity contribution in [1.29, 1.82) is 0 Å². The molecule has 0 bridgehead atoms. The first-order valence-corrected chi connectivity index (χ1v) is 13.1. The van der Waals surface area contributed by atoms with Crippen LogP contribution in [0.4, 0.5) is 0 Å². The highest BCUT2D eigenvalue weighted by molar-refractivity contribution is 5.60. The summed E-state index contributed by atoms with van der Waals surface area (Å²) >= 11 is 0. The highest BCUT2D eigenvalue weighted by Crippen LogP contribution is 2.34. The van der Waals surface area contributed by atoms with Crippen molar-refractivity contribution in [1.82, 2.24) is 9.97 Å². The number of aromatic nitrogens is 2. The third kappa shape index (κ3) is 7.74. The molecule has 31 heavy (non-hydrogen) atoms. The second-order valence-corrected chi connectivity index (χ2v) is 9.94. The fraction of sp³-hybridized carbons (Fsp3) is 0.655. The fourth-order valence-electron chi connectivity index (χ4n) is 5.20. The van der Waals surface area contributed by atoms with E-state index in [1.165, 1.54) is 106 Å². The molecule has 0 atom stereocenters. The normalized spacial score (nSPS) is 18.9. The maximum atomic E-state index is 4.72. The maximum Gasteiger partial charge on any atom is 0.159 e. The van der Waals surface area contributed by atoms with Gasteiger partial charge in [-0.25, -0.2) is 9.97 Å². The van der Waals surface area contributed by atoms with E-state index in [2.05, 4.69) is 51.4 Å². The number of benzene rings is 1. The standard InChI is InChI=1S/C29H44N2/c1-4-6-8-10-24-12-14-25(15-13-24)16-17-27-21-30-29(31-22-27)28-19-18-26(20-23(28)3)11-9-7-5-2/h18-22,24-25H,4-17H2,1-3H3/t24-,25-. The van der Waals surface area contributed by atoms with E-state index in [1.54, 1.807) is 0 Å². The lowest BCUT2D eigenvalue weighted by Crippen LogP contribution is -2.15. The summed E-state index contributed by atoms with van der Waals surface area (Å²) < 4.78 is 0. The zero-order valence-electron chi connectivity index (χ0n) is 20.3. The molecule has 0 radical (unpaired) electrons. The smallest absolute Gasteiger partial charge is 0.159 e. The van der Waals surface area contributed by atoms with Gasteiger partial charge in [-0.2, -0.15) is 0 Å². The molecular formula is C29H44N2.